The number of hydrogen-bond acceptors (Lipinski definition) is 9. The van der Waals surface area contributed by atoms with Crippen molar-refractivity contribution < 1.29 is 13.3 Å². The van der Waals surface area contributed by atoms with E-state index in [0.717, 1.165) is 100 Å². The largest absolute Gasteiger partial charge is 0.416 e. The molecular formula is C80H70N6O3. The second kappa shape index (κ2) is 24.3. The van der Waals surface area contributed by atoms with Gasteiger partial charge in [0.15, 0.2) is 0 Å². The monoisotopic (exact) mass is 1160 g/mol. The van der Waals surface area contributed by atoms with Crippen molar-refractivity contribution in [1.82, 2.24) is 30.6 Å². The summed E-state index contributed by atoms with van der Waals surface area (Å²) in [5, 5.41) is 26.5. The molecule has 9 aromatic carbocycles. The van der Waals surface area contributed by atoms with Crippen LogP contribution in [-0.4, -0.2) is 30.6 Å². The fraction of sp³-hybridized carbons (Fsp3) is 0.150. The molecule has 89 heavy (non-hydrogen) atoms. The highest BCUT2D eigenvalue weighted by Crippen LogP contribution is 2.37. The van der Waals surface area contributed by atoms with Crippen molar-refractivity contribution in [2.24, 2.45) is 0 Å². The van der Waals surface area contributed by atoms with Gasteiger partial charge in [-0.3, -0.25) is 0 Å². The molecule has 0 radical (unpaired) electrons. The first-order valence-corrected chi connectivity index (χ1v) is 30.0. The molecule has 0 atom stereocenters. The molecule has 0 saturated heterocycles. The molecule has 3 heterocycles. The van der Waals surface area contributed by atoms with E-state index in [0.29, 0.717) is 35.3 Å². The molecule has 9 nitrogen and oxygen atoms in total. The summed E-state index contributed by atoms with van der Waals surface area (Å²) in [6, 6.07) is 69.2. The van der Waals surface area contributed by atoms with Gasteiger partial charge in [-0.2, -0.15) is 0 Å². The van der Waals surface area contributed by atoms with Crippen LogP contribution in [0.15, 0.2) is 227 Å². The van der Waals surface area contributed by atoms with E-state index in [2.05, 4.69) is 258 Å². The van der Waals surface area contributed by atoms with Crippen LogP contribution < -0.4 is 0 Å². The van der Waals surface area contributed by atoms with Crippen molar-refractivity contribution in [1.29, 1.82) is 0 Å². The average molecular weight is 1160 g/mol. The topological polar surface area (TPSA) is 117 Å². The Hall–Kier alpha value is -10.6. The van der Waals surface area contributed by atoms with Gasteiger partial charge in [0.1, 0.15) is 0 Å². The number of benzene rings is 9. The van der Waals surface area contributed by atoms with Crippen LogP contribution in [0.1, 0.15) is 112 Å². The minimum absolute atomic E-state index is 0.0345. The molecule has 0 amide bonds. The highest BCUT2D eigenvalue weighted by Gasteiger charge is 2.20. The van der Waals surface area contributed by atoms with Crippen LogP contribution in [-0.2, 0) is 16.2 Å². The molecule has 12 aromatic rings. The van der Waals surface area contributed by atoms with Gasteiger partial charge in [0.25, 0.3) is 0 Å². The van der Waals surface area contributed by atoms with Crippen LogP contribution in [0.2, 0.25) is 0 Å². The van der Waals surface area contributed by atoms with Gasteiger partial charge in [-0.05, 0) is 191 Å². The van der Waals surface area contributed by atoms with Gasteiger partial charge in [0.05, 0.1) is 0 Å². The fourth-order valence-corrected chi connectivity index (χ4v) is 10.7. The van der Waals surface area contributed by atoms with Gasteiger partial charge in [0.2, 0.25) is 35.3 Å². The Morgan fingerprint density at radius 2 is 0.494 bits per heavy atom. The van der Waals surface area contributed by atoms with Crippen LogP contribution in [0, 0.1) is 0 Å². The Kier molecular flexibility index (Phi) is 16.0. The molecule has 9 heteroatoms. The number of nitrogens with zero attached hydrogens (tertiary/aromatic N) is 6. The van der Waals surface area contributed by atoms with Gasteiger partial charge >= 0.3 is 0 Å². The Morgan fingerprint density at radius 3 is 0.764 bits per heavy atom. The summed E-state index contributed by atoms with van der Waals surface area (Å²) >= 11 is 0. The molecule has 0 saturated carbocycles. The lowest BCUT2D eigenvalue weighted by Crippen LogP contribution is -2.10. The van der Waals surface area contributed by atoms with E-state index < -0.39 is 0 Å². The summed E-state index contributed by atoms with van der Waals surface area (Å²) < 4.78 is 18.7. The molecule has 0 bridgehead atoms. The lowest BCUT2D eigenvalue weighted by atomic mass is 9.87. The summed E-state index contributed by atoms with van der Waals surface area (Å²) in [7, 11) is 0. The van der Waals surface area contributed by atoms with Crippen molar-refractivity contribution in [3.63, 3.8) is 0 Å². The predicted molar refractivity (Wildman–Crippen MR) is 366 cm³/mol. The maximum absolute atomic E-state index is 6.28. The molecule has 438 valence electrons. The lowest BCUT2D eigenvalue weighted by molar-refractivity contribution is 0.582. The molecule has 0 aliphatic carbocycles. The van der Waals surface area contributed by atoms with Gasteiger partial charge < -0.3 is 13.3 Å². The zero-order valence-electron chi connectivity index (χ0n) is 51.8. The van der Waals surface area contributed by atoms with Crippen LogP contribution in [0.3, 0.4) is 0 Å². The van der Waals surface area contributed by atoms with E-state index in [1.807, 2.05) is 84.9 Å². The fourth-order valence-electron chi connectivity index (χ4n) is 10.7. The van der Waals surface area contributed by atoms with Crippen LogP contribution in [0.5, 0.6) is 0 Å². The van der Waals surface area contributed by atoms with Crippen molar-refractivity contribution in [2.45, 2.75) is 78.6 Å². The van der Waals surface area contributed by atoms with Crippen LogP contribution in [0.25, 0.3) is 139 Å². The molecule has 12 rings (SSSR count). The van der Waals surface area contributed by atoms with Crippen molar-refractivity contribution >= 4 is 36.5 Å². The minimum Gasteiger partial charge on any atom is -0.416 e. The Labute approximate surface area is 521 Å². The van der Waals surface area contributed by atoms with Gasteiger partial charge in [-0.25, -0.2) is 0 Å². The van der Waals surface area contributed by atoms with E-state index >= 15 is 0 Å². The first kappa shape index (κ1) is 58.7. The summed E-state index contributed by atoms with van der Waals surface area (Å²) in [6.07, 6.45) is 12.5. The maximum atomic E-state index is 6.28. The number of hydrogen-bond donors (Lipinski definition) is 0. The normalized spacial score (nSPS) is 12.1. The van der Waals surface area contributed by atoms with Gasteiger partial charge in [0, 0.05) is 33.4 Å². The van der Waals surface area contributed by atoms with Crippen LogP contribution >= 0.6 is 0 Å². The van der Waals surface area contributed by atoms with Gasteiger partial charge in [-0.1, -0.05) is 221 Å². The van der Waals surface area contributed by atoms with E-state index in [4.69, 9.17) is 13.3 Å². The molecule has 0 spiro atoms. The van der Waals surface area contributed by atoms with Gasteiger partial charge in [-0.15, -0.1) is 30.6 Å². The highest BCUT2D eigenvalue weighted by molar-refractivity contribution is 5.88. The molecule has 0 fully saturated rings. The molecule has 0 aliphatic heterocycles. The Morgan fingerprint density at radius 1 is 0.258 bits per heavy atom. The summed E-state index contributed by atoms with van der Waals surface area (Å²) in [4.78, 5) is 0. The number of rotatable bonds is 15. The quantitative estimate of drug-likeness (QED) is 0.0925. The van der Waals surface area contributed by atoms with Crippen molar-refractivity contribution in [2.75, 3.05) is 0 Å². The first-order chi connectivity index (χ1) is 42.8. The predicted octanol–water partition coefficient (Wildman–Crippen LogP) is 21.4. The maximum Gasteiger partial charge on any atom is 0.248 e. The Balaban J connectivity index is 0.832. The number of aromatic nitrogens is 6. The first-order valence-electron chi connectivity index (χ1n) is 30.0. The third-order valence-corrected chi connectivity index (χ3v) is 16.2. The molecular weight excluding hydrogens is 1090 g/mol. The average Bonchev–Trinajstić information content (AvgIpc) is 2.19. The lowest BCUT2D eigenvalue weighted by Gasteiger charge is -2.18. The molecule has 0 unspecified atom stereocenters. The van der Waals surface area contributed by atoms with E-state index in [1.165, 1.54) is 16.7 Å². The highest BCUT2D eigenvalue weighted by atomic mass is 16.4. The van der Waals surface area contributed by atoms with Crippen LogP contribution in [0.4, 0.5) is 0 Å². The smallest absolute Gasteiger partial charge is 0.248 e. The molecule has 0 aliphatic rings. The third kappa shape index (κ3) is 13.1. The summed E-state index contributed by atoms with van der Waals surface area (Å²) in [6.45, 7) is 28.1. The standard InChI is InChI=1S/C80H70N6O3/c1-12-51-14-20-55(70(48-51)58-26-32-61(33-27-58)73-82-85-76(88-73)64-38-44-67(45-39-64)79(6,7)8)21-17-53-18-23-56(71(50-53)59-28-34-62(35-29-59)74-83-86-77(89-74)65-40-46-68(47-41-65)80(9,10)11)22-16-52-15-19-54(13-2)69(49-52)57-24-30-60(31-25-57)72-81-84-75(87-72)63-36-42-66(43-37-63)78(3,4)5/h12-50H,1-2H2,3-11H3/b21-17+,22-16+. The van der Waals surface area contributed by atoms with E-state index in [-0.39, 0.29) is 16.2 Å². The zero-order chi connectivity index (χ0) is 62.0. The molecule has 0 N–H and O–H groups in total. The second-order valence-corrected chi connectivity index (χ2v) is 25.6. The summed E-state index contributed by atoms with van der Waals surface area (Å²) in [5.74, 6) is 2.82. The SMILES string of the molecule is C=Cc1ccc(/C=C/c2ccc(/C=C/c3ccc(C=C)c(-c4ccc(-c5nnc(-c6ccc(C(C)(C)C)cc6)o5)cc4)c3)c(-c3ccc(-c4nnc(-c5ccc(C(C)(C)C)cc5)o4)cc3)c2)c(-c2ccc(-c3nnc(-c4ccc(C(C)(C)C)cc4)o3)cc2)c1. The third-order valence-electron chi connectivity index (χ3n) is 16.2. The minimum atomic E-state index is 0.0345. The van der Waals surface area contributed by atoms with Crippen molar-refractivity contribution in [3.05, 3.63) is 263 Å². The second-order valence-electron chi connectivity index (χ2n) is 25.6. The zero-order valence-corrected chi connectivity index (χ0v) is 51.8. The molecule has 3 aromatic heterocycles. The van der Waals surface area contributed by atoms with Crippen molar-refractivity contribution in [3.8, 4) is 102 Å². The van der Waals surface area contributed by atoms with E-state index in [1.54, 1.807) is 0 Å². The summed E-state index contributed by atoms with van der Waals surface area (Å²) in [5.41, 5.74) is 21.5. The Bertz CT molecular complexity index is 4580. The van der Waals surface area contributed by atoms with E-state index in [9.17, 15) is 0 Å².